The fraction of sp³-hybridized carbons (Fsp3) is 0.0400. The van der Waals surface area contributed by atoms with E-state index in [0.717, 1.165) is 29.0 Å². The van der Waals surface area contributed by atoms with Crippen LogP contribution < -0.4 is 14.9 Å². The van der Waals surface area contributed by atoms with E-state index in [1.807, 2.05) is 30.3 Å². The molecule has 0 bridgehead atoms. The van der Waals surface area contributed by atoms with Crippen molar-refractivity contribution in [2.45, 2.75) is 0 Å². The van der Waals surface area contributed by atoms with Crippen molar-refractivity contribution in [3.63, 3.8) is 0 Å². The Balaban J connectivity index is 1.49. The van der Waals surface area contributed by atoms with Gasteiger partial charge in [-0.25, -0.2) is 5.43 Å². The number of fused-ring (bicyclic) bond motifs is 1. The van der Waals surface area contributed by atoms with Gasteiger partial charge in [0.1, 0.15) is 0 Å². The Morgan fingerprint density at radius 1 is 0.861 bits per heavy atom. The van der Waals surface area contributed by atoms with Crippen molar-refractivity contribution in [1.82, 2.24) is 5.43 Å². The normalized spacial score (nSPS) is 10.8. The van der Waals surface area contributed by atoms with Crippen molar-refractivity contribution in [3.8, 4) is 17.2 Å². The smallest absolute Gasteiger partial charge is 0.318 e. The number of nitrogens with zero attached hydrogens (tertiary/aromatic N) is 3. The number of carbonyl (C=O) groups is 1. The van der Waals surface area contributed by atoms with E-state index >= 15 is 0 Å². The first kappa shape index (κ1) is 23.8. The summed E-state index contributed by atoms with van der Waals surface area (Å²) in [6.07, 6.45) is 1.40. The van der Waals surface area contributed by atoms with Crippen molar-refractivity contribution >= 4 is 34.3 Å². The van der Waals surface area contributed by atoms with Crippen molar-refractivity contribution < 1.29 is 24.1 Å². The second-order valence-corrected chi connectivity index (χ2v) is 7.44. The average molecular weight is 486 g/mol. The van der Waals surface area contributed by atoms with Crippen LogP contribution >= 0.6 is 0 Å². The molecule has 11 nitrogen and oxygen atoms in total. The molecule has 0 saturated heterocycles. The van der Waals surface area contributed by atoms with Gasteiger partial charge in [0.25, 0.3) is 11.6 Å². The number of non-ortho nitro benzene ring substituents is 1. The quantitative estimate of drug-likeness (QED) is 0.204. The number of hydrazone groups is 1. The first-order valence-electron chi connectivity index (χ1n) is 10.5. The molecule has 0 aliphatic rings. The van der Waals surface area contributed by atoms with Crippen LogP contribution in [0.15, 0.2) is 84.0 Å². The molecule has 0 aliphatic carbocycles. The van der Waals surface area contributed by atoms with Crippen LogP contribution in [0.25, 0.3) is 10.8 Å². The van der Waals surface area contributed by atoms with Gasteiger partial charge < -0.3 is 9.47 Å². The summed E-state index contributed by atoms with van der Waals surface area (Å²) in [5, 5.41) is 28.2. The third kappa shape index (κ3) is 5.25. The maximum Gasteiger partial charge on any atom is 0.318 e. The van der Waals surface area contributed by atoms with Crippen LogP contribution in [0.3, 0.4) is 0 Å². The topological polar surface area (TPSA) is 146 Å². The fourth-order valence-corrected chi connectivity index (χ4v) is 3.38. The Kier molecular flexibility index (Phi) is 6.82. The molecule has 0 aromatic heterocycles. The molecule has 0 fully saturated rings. The lowest BCUT2D eigenvalue weighted by Gasteiger charge is -2.11. The van der Waals surface area contributed by atoms with Crippen LogP contribution in [0.2, 0.25) is 0 Å². The van der Waals surface area contributed by atoms with E-state index in [1.165, 1.54) is 19.4 Å². The molecular formula is C25H18N4O7. The minimum Gasteiger partial charge on any atom is -0.493 e. The minimum absolute atomic E-state index is 0.145. The Bertz CT molecular complexity index is 1520. The summed E-state index contributed by atoms with van der Waals surface area (Å²) >= 11 is 0. The van der Waals surface area contributed by atoms with Gasteiger partial charge in [0.15, 0.2) is 11.5 Å². The van der Waals surface area contributed by atoms with E-state index in [2.05, 4.69) is 10.5 Å². The van der Waals surface area contributed by atoms with Crippen molar-refractivity contribution in [3.05, 3.63) is 110 Å². The first-order valence-corrected chi connectivity index (χ1v) is 10.5. The van der Waals surface area contributed by atoms with Crippen LogP contribution in [0.1, 0.15) is 15.9 Å². The Labute approximate surface area is 203 Å². The number of amides is 1. The number of benzene rings is 4. The van der Waals surface area contributed by atoms with E-state index in [4.69, 9.17) is 9.47 Å². The first-order chi connectivity index (χ1) is 17.4. The molecule has 4 rings (SSSR count). The number of nitro benzene ring substituents is 2. The number of methoxy groups -OCH3 is 1. The molecule has 1 amide bonds. The number of nitro groups is 2. The summed E-state index contributed by atoms with van der Waals surface area (Å²) in [7, 11) is 1.38. The van der Waals surface area contributed by atoms with Crippen LogP contribution in [0.5, 0.6) is 17.2 Å². The van der Waals surface area contributed by atoms with Gasteiger partial charge in [0.2, 0.25) is 5.75 Å². The number of nitrogens with one attached hydrogen (secondary N) is 1. The maximum atomic E-state index is 12.4. The summed E-state index contributed by atoms with van der Waals surface area (Å²) < 4.78 is 10.9. The molecule has 0 radical (unpaired) electrons. The van der Waals surface area contributed by atoms with Crippen molar-refractivity contribution in [2.75, 3.05) is 7.11 Å². The predicted molar refractivity (Wildman–Crippen MR) is 132 cm³/mol. The van der Waals surface area contributed by atoms with Gasteiger partial charge >= 0.3 is 5.69 Å². The minimum atomic E-state index is -0.770. The highest BCUT2D eigenvalue weighted by Crippen LogP contribution is 2.38. The number of hydrogen-bond acceptors (Lipinski definition) is 8. The molecule has 0 unspecified atom stereocenters. The summed E-state index contributed by atoms with van der Waals surface area (Å²) in [5.41, 5.74) is 2.48. The van der Waals surface area contributed by atoms with Crippen LogP contribution in [-0.4, -0.2) is 29.1 Å². The second-order valence-electron chi connectivity index (χ2n) is 7.44. The van der Waals surface area contributed by atoms with E-state index < -0.39 is 21.2 Å². The van der Waals surface area contributed by atoms with Gasteiger partial charge in [-0.3, -0.25) is 25.0 Å². The second kappa shape index (κ2) is 10.3. The van der Waals surface area contributed by atoms with Gasteiger partial charge in [-0.05, 0) is 52.7 Å². The lowest BCUT2D eigenvalue weighted by Crippen LogP contribution is -2.17. The summed E-state index contributed by atoms with van der Waals surface area (Å²) in [5.74, 6) is -0.193. The monoisotopic (exact) mass is 486 g/mol. The largest absolute Gasteiger partial charge is 0.493 e. The molecule has 4 aromatic carbocycles. The maximum absolute atomic E-state index is 12.4. The van der Waals surface area contributed by atoms with E-state index in [1.54, 1.807) is 24.3 Å². The van der Waals surface area contributed by atoms with E-state index in [9.17, 15) is 25.0 Å². The summed E-state index contributed by atoms with van der Waals surface area (Å²) in [4.78, 5) is 33.2. The molecule has 0 spiro atoms. The highest BCUT2D eigenvalue weighted by Gasteiger charge is 2.22. The van der Waals surface area contributed by atoms with Crippen LogP contribution in [0.4, 0.5) is 11.4 Å². The summed E-state index contributed by atoms with van der Waals surface area (Å²) in [6.45, 7) is 0. The standard InChI is InChI=1S/C25H18N4O7/c1-35-24-12-16(15-26-27-25(30)19-8-7-17-4-2-3-5-18(17)13-19)6-10-23(24)36-22-11-9-20(28(31)32)14-21(22)29(33)34/h2-15H,1H3,(H,27,30)/b26-15+. The molecule has 0 heterocycles. The van der Waals surface area contributed by atoms with Crippen molar-refractivity contribution in [2.24, 2.45) is 5.10 Å². The SMILES string of the molecule is COc1cc(/C=N/NC(=O)c2ccc3ccccc3c2)ccc1Oc1ccc([N+](=O)[O-])cc1[N+](=O)[O-]. The third-order valence-electron chi connectivity index (χ3n) is 5.15. The van der Waals surface area contributed by atoms with Crippen molar-refractivity contribution in [1.29, 1.82) is 0 Å². The van der Waals surface area contributed by atoms with Crippen LogP contribution in [0, 0.1) is 20.2 Å². The van der Waals surface area contributed by atoms with Gasteiger partial charge in [-0.1, -0.05) is 30.3 Å². The lowest BCUT2D eigenvalue weighted by molar-refractivity contribution is -0.394. The lowest BCUT2D eigenvalue weighted by atomic mass is 10.1. The van der Waals surface area contributed by atoms with E-state index in [0.29, 0.717) is 11.1 Å². The van der Waals surface area contributed by atoms with Gasteiger partial charge in [0.05, 0.1) is 29.2 Å². The molecule has 36 heavy (non-hydrogen) atoms. The third-order valence-corrected chi connectivity index (χ3v) is 5.15. The number of rotatable bonds is 8. The molecule has 11 heteroatoms. The fourth-order valence-electron chi connectivity index (χ4n) is 3.38. The highest BCUT2D eigenvalue weighted by atomic mass is 16.6. The zero-order valence-corrected chi connectivity index (χ0v) is 18.8. The predicted octanol–water partition coefficient (Wildman–Crippen LogP) is 5.22. The zero-order chi connectivity index (χ0) is 25.7. The van der Waals surface area contributed by atoms with E-state index in [-0.39, 0.29) is 23.2 Å². The highest BCUT2D eigenvalue weighted by molar-refractivity contribution is 5.99. The summed E-state index contributed by atoms with van der Waals surface area (Å²) in [6, 6.07) is 20.7. The number of ether oxygens (including phenoxy) is 2. The van der Waals surface area contributed by atoms with Gasteiger partial charge in [-0.2, -0.15) is 5.10 Å². The molecule has 0 atom stereocenters. The average Bonchev–Trinajstić information content (AvgIpc) is 2.89. The molecule has 1 N–H and O–H groups in total. The molecule has 0 saturated carbocycles. The molecule has 4 aromatic rings. The molecule has 0 aliphatic heterocycles. The Morgan fingerprint density at radius 2 is 1.61 bits per heavy atom. The molecule has 180 valence electrons. The van der Waals surface area contributed by atoms with Gasteiger partial charge in [-0.15, -0.1) is 0 Å². The Hall–Kier alpha value is -5.32. The van der Waals surface area contributed by atoms with Crippen LogP contribution in [-0.2, 0) is 0 Å². The van der Waals surface area contributed by atoms with Gasteiger partial charge in [0, 0.05) is 11.6 Å². The zero-order valence-electron chi connectivity index (χ0n) is 18.8. The number of hydrogen-bond donors (Lipinski definition) is 1. The molecular weight excluding hydrogens is 468 g/mol. The Morgan fingerprint density at radius 3 is 2.33 bits per heavy atom. The number of carbonyl (C=O) groups excluding carboxylic acids is 1.